The molecule has 1 heterocycles. The molecule has 3 heteroatoms. The first-order valence-electron chi connectivity index (χ1n) is 5.74. The molecule has 0 aliphatic carbocycles. The third kappa shape index (κ3) is 2.07. The number of hydrogen-bond donors (Lipinski definition) is 1. The van der Waals surface area contributed by atoms with Crippen molar-refractivity contribution in [1.82, 2.24) is 0 Å². The summed E-state index contributed by atoms with van der Waals surface area (Å²) in [6, 6.07) is 7.71. The van der Waals surface area contributed by atoms with Crippen molar-refractivity contribution in [3.63, 3.8) is 0 Å². The Morgan fingerprint density at radius 2 is 2.17 bits per heavy atom. The Bertz CT molecular complexity index is 553. The van der Waals surface area contributed by atoms with Gasteiger partial charge in [0, 0.05) is 11.1 Å². The lowest BCUT2D eigenvalue weighted by molar-refractivity contribution is 0.211. The van der Waals surface area contributed by atoms with E-state index >= 15 is 0 Å². The predicted octanol–water partition coefficient (Wildman–Crippen LogP) is 3.41. The highest BCUT2D eigenvalue weighted by atomic mass is 16.5. The highest BCUT2D eigenvalue weighted by molar-refractivity contribution is 6.15. The highest BCUT2D eigenvalue weighted by Gasteiger charge is 2.20. The van der Waals surface area contributed by atoms with Crippen LogP contribution in [0.3, 0.4) is 0 Å². The van der Waals surface area contributed by atoms with Gasteiger partial charge in [0.1, 0.15) is 18.1 Å². The van der Waals surface area contributed by atoms with Gasteiger partial charge < -0.3 is 9.94 Å². The first-order chi connectivity index (χ1) is 8.81. The zero-order valence-electron chi connectivity index (χ0n) is 10.3. The normalized spacial score (nSPS) is 17.5. The Balaban J connectivity index is 2.64. The van der Waals surface area contributed by atoms with Crippen LogP contribution >= 0.6 is 0 Å². The van der Waals surface area contributed by atoms with E-state index in [2.05, 4.69) is 11.7 Å². The lowest BCUT2D eigenvalue weighted by atomic mass is 9.98. The topological polar surface area (TPSA) is 41.8 Å². The van der Waals surface area contributed by atoms with Crippen molar-refractivity contribution in [2.24, 2.45) is 5.16 Å². The fourth-order valence-corrected chi connectivity index (χ4v) is 1.97. The van der Waals surface area contributed by atoms with Crippen LogP contribution in [0.25, 0.3) is 0 Å². The third-order valence-electron chi connectivity index (χ3n) is 2.80. The van der Waals surface area contributed by atoms with E-state index in [-0.39, 0.29) is 0 Å². The van der Waals surface area contributed by atoms with Crippen molar-refractivity contribution in [1.29, 1.82) is 0 Å². The highest BCUT2D eigenvalue weighted by Crippen LogP contribution is 2.25. The quantitative estimate of drug-likeness (QED) is 0.636. The minimum atomic E-state index is 0.451. The SMILES string of the molecule is C=CC1=C(/C=C\C)OCc2ccccc2/C1=N\O. The van der Waals surface area contributed by atoms with E-state index in [9.17, 15) is 5.21 Å². The van der Waals surface area contributed by atoms with Crippen molar-refractivity contribution in [2.45, 2.75) is 13.5 Å². The van der Waals surface area contributed by atoms with Gasteiger partial charge in [-0.3, -0.25) is 0 Å². The molecule has 0 saturated heterocycles. The van der Waals surface area contributed by atoms with Crippen LogP contribution in [0.15, 0.2) is 65.6 Å². The van der Waals surface area contributed by atoms with Crippen LogP contribution < -0.4 is 0 Å². The van der Waals surface area contributed by atoms with Gasteiger partial charge in [-0.2, -0.15) is 0 Å². The molecule has 0 spiro atoms. The fourth-order valence-electron chi connectivity index (χ4n) is 1.97. The lowest BCUT2D eigenvalue weighted by Crippen LogP contribution is -2.06. The van der Waals surface area contributed by atoms with Gasteiger partial charge in [-0.1, -0.05) is 48.2 Å². The van der Waals surface area contributed by atoms with E-state index in [4.69, 9.17) is 4.74 Å². The van der Waals surface area contributed by atoms with Crippen molar-refractivity contribution in [2.75, 3.05) is 0 Å². The molecule has 0 amide bonds. The second-order valence-electron chi connectivity index (χ2n) is 3.88. The molecule has 0 aromatic heterocycles. The summed E-state index contributed by atoms with van der Waals surface area (Å²) in [6.07, 6.45) is 5.37. The molecular formula is C15H15NO2. The molecule has 3 nitrogen and oxygen atoms in total. The maximum atomic E-state index is 9.28. The average Bonchev–Trinajstić information content (AvgIpc) is 2.56. The number of hydrogen-bond acceptors (Lipinski definition) is 3. The summed E-state index contributed by atoms with van der Waals surface area (Å²) in [4.78, 5) is 0. The van der Waals surface area contributed by atoms with Crippen LogP contribution in [0.5, 0.6) is 0 Å². The Kier molecular flexibility index (Phi) is 3.63. The zero-order valence-corrected chi connectivity index (χ0v) is 10.3. The lowest BCUT2D eigenvalue weighted by Gasteiger charge is -2.06. The van der Waals surface area contributed by atoms with E-state index < -0.39 is 0 Å². The van der Waals surface area contributed by atoms with E-state index in [1.165, 1.54) is 0 Å². The molecule has 2 rings (SSSR count). The van der Waals surface area contributed by atoms with Crippen LogP contribution in [-0.2, 0) is 11.3 Å². The van der Waals surface area contributed by atoms with Crippen LogP contribution in [-0.4, -0.2) is 10.9 Å². The second-order valence-corrected chi connectivity index (χ2v) is 3.88. The number of fused-ring (bicyclic) bond motifs is 1. The molecule has 0 radical (unpaired) electrons. The van der Waals surface area contributed by atoms with Gasteiger partial charge in [0.25, 0.3) is 0 Å². The number of nitrogens with zero attached hydrogens (tertiary/aromatic N) is 1. The summed E-state index contributed by atoms with van der Waals surface area (Å²) in [7, 11) is 0. The van der Waals surface area contributed by atoms with E-state index in [1.54, 1.807) is 6.08 Å². The molecule has 1 aliphatic rings. The maximum absolute atomic E-state index is 9.28. The Morgan fingerprint density at radius 1 is 1.39 bits per heavy atom. The summed E-state index contributed by atoms with van der Waals surface area (Å²) in [6.45, 7) is 6.12. The van der Waals surface area contributed by atoms with Gasteiger partial charge in [-0.05, 0) is 18.6 Å². The molecule has 0 atom stereocenters. The zero-order chi connectivity index (χ0) is 13.0. The molecule has 0 fully saturated rings. The van der Waals surface area contributed by atoms with Crippen molar-refractivity contribution >= 4 is 5.71 Å². The molecule has 0 unspecified atom stereocenters. The van der Waals surface area contributed by atoms with Gasteiger partial charge in [0.05, 0.1) is 0 Å². The minimum absolute atomic E-state index is 0.451. The number of oxime groups is 1. The van der Waals surface area contributed by atoms with Crippen LogP contribution in [0.1, 0.15) is 18.1 Å². The maximum Gasteiger partial charge on any atom is 0.129 e. The van der Waals surface area contributed by atoms with Crippen LogP contribution in [0.2, 0.25) is 0 Å². The summed E-state index contributed by atoms with van der Waals surface area (Å²) in [5, 5.41) is 12.7. The summed E-state index contributed by atoms with van der Waals surface area (Å²) in [5.74, 6) is 0.663. The van der Waals surface area contributed by atoms with E-state index in [1.807, 2.05) is 43.3 Å². The van der Waals surface area contributed by atoms with Crippen LogP contribution in [0.4, 0.5) is 0 Å². The number of rotatable bonds is 2. The minimum Gasteiger partial charge on any atom is -0.488 e. The first kappa shape index (κ1) is 12.2. The Morgan fingerprint density at radius 3 is 2.83 bits per heavy atom. The fraction of sp³-hybridized carbons (Fsp3) is 0.133. The second kappa shape index (κ2) is 5.36. The van der Waals surface area contributed by atoms with Gasteiger partial charge >= 0.3 is 0 Å². The van der Waals surface area contributed by atoms with Crippen molar-refractivity contribution < 1.29 is 9.94 Å². The summed E-state index contributed by atoms with van der Waals surface area (Å²) < 4.78 is 5.74. The molecule has 0 saturated carbocycles. The van der Waals surface area contributed by atoms with Gasteiger partial charge in [0.15, 0.2) is 0 Å². The van der Waals surface area contributed by atoms with Crippen LogP contribution in [0, 0.1) is 0 Å². The van der Waals surface area contributed by atoms with E-state index in [0.717, 1.165) is 11.1 Å². The Labute approximate surface area is 106 Å². The third-order valence-corrected chi connectivity index (χ3v) is 2.80. The Hall–Kier alpha value is -2.29. The molecular weight excluding hydrogens is 226 g/mol. The number of ether oxygens (including phenoxy) is 1. The monoisotopic (exact) mass is 241 g/mol. The first-order valence-corrected chi connectivity index (χ1v) is 5.74. The number of benzene rings is 1. The largest absolute Gasteiger partial charge is 0.488 e. The summed E-state index contributed by atoms with van der Waals surface area (Å²) in [5.41, 5.74) is 3.05. The smallest absolute Gasteiger partial charge is 0.129 e. The standard InChI is InChI=1S/C15H15NO2/c1-3-7-14-12(4-2)15(16-17)13-9-6-5-8-11(13)10-18-14/h3-9,17H,2,10H2,1H3/b7-3-,16-15-. The van der Waals surface area contributed by atoms with Crippen molar-refractivity contribution in [3.05, 3.63) is 71.5 Å². The molecule has 1 N–H and O–H groups in total. The molecule has 0 bridgehead atoms. The van der Waals surface area contributed by atoms with Crippen molar-refractivity contribution in [3.8, 4) is 0 Å². The van der Waals surface area contributed by atoms with Gasteiger partial charge in [-0.25, -0.2) is 0 Å². The average molecular weight is 241 g/mol. The van der Waals surface area contributed by atoms with Gasteiger partial charge in [-0.15, -0.1) is 0 Å². The van der Waals surface area contributed by atoms with E-state index in [0.29, 0.717) is 23.7 Å². The number of allylic oxidation sites excluding steroid dienone is 4. The molecule has 18 heavy (non-hydrogen) atoms. The molecule has 92 valence electrons. The molecule has 1 aromatic carbocycles. The molecule has 1 aliphatic heterocycles. The molecule has 1 aromatic rings. The predicted molar refractivity (Wildman–Crippen MR) is 71.6 cm³/mol. The van der Waals surface area contributed by atoms with Gasteiger partial charge in [0.2, 0.25) is 0 Å². The summed E-state index contributed by atoms with van der Waals surface area (Å²) >= 11 is 0.